The molecule has 0 fully saturated rings. The van der Waals surface area contributed by atoms with Crippen LogP contribution in [0.2, 0.25) is 0 Å². The zero-order chi connectivity index (χ0) is 15.9. The van der Waals surface area contributed by atoms with Gasteiger partial charge in [0.05, 0.1) is 0 Å². The topological polar surface area (TPSA) is 49.8 Å². The summed E-state index contributed by atoms with van der Waals surface area (Å²) in [5.41, 5.74) is 0.440. The highest BCUT2D eigenvalue weighted by molar-refractivity contribution is 5.66. The van der Waals surface area contributed by atoms with Gasteiger partial charge in [-0.1, -0.05) is 18.2 Å². The van der Waals surface area contributed by atoms with Crippen LogP contribution in [0.25, 0.3) is 0 Å². The van der Waals surface area contributed by atoms with Crippen molar-refractivity contribution in [2.24, 2.45) is 0 Å². The number of benzene rings is 1. The molecule has 1 N–H and O–H groups in total. The lowest BCUT2D eigenvalue weighted by molar-refractivity contribution is -0.275. The van der Waals surface area contributed by atoms with E-state index in [1.54, 1.807) is 19.2 Å². The molecule has 1 rings (SSSR count). The van der Waals surface area contributed by atoms with E-state index in [1.165, 1.54) is 12.1 Å². The van der Waals surface area contributed by atoms with Crippen LogP contribution in [0.1, 0.15) is 24.8 Å². The smallest absolute Gasteiger partial charge is 0.481 e. The molecule has 0 bridgehead atoms. The third kappa shape index (κ3) is 7.55. The van der Waals surface area contributed by atoms with Gasteiger partial charge in [-0.3, -0.25) is 4.79 Å². The highest BCUT2D eigenvalue weighted by Gasteiger charge is 2.32. The summed E-state index contributed by atoms with van der Waals surface area (Å²) in [6, 6.07) is 5.99. The van der Waals surface area contributed by atoms with Crippen LogP contribution in [0.15, 0.2) is 24.3 Å². The molecular formula is C14H18F3NO3. The number of nitrogens with zero attached hydrogens (tertiary/aromatic N) is 1. The minimum Gasteiger partial charge on any atom is -0.481 e. The lowest BCUT2D eigenvalue weighted by atomic mass is 10.1. The van der Waals surface area contributed by atoms with E-state index in [4.69, 9.17) is 5.11 Å². The summed E-state index contributed by atoms with van der Waals surface area (Å²) >= 11 is 0. The number of rotatable bonds is 8. The fourth-order valence-corrected chi connectivity index (χ4v) is 1.89. The Morgan fingerprint density at radius 2 is 1.95 bits per heavy atom. The maximum Gasteiger partial charge on any atom is 0.573 e. The van der Waals surface area contributed by atoms with E-state index in [2.05, 4.69) is 4.74 Å². The molecular weight excluding hydrogens is 287 g/mol. The quantitative estimate of drug-likeness (QED) is 0.749. The molecule has 0 radical (unpaired) electrons. The molecule has 0 aliphatic rings. The number of aliphatic carboxylic acids is 1. The number of alkyl halides is 3. The molecule has 0 saturated heterocycles. The fourth-order valence-electron chi connectivity index (χ4n) is 1.89. The molecule has 0 amide bonds. The van der Waals surface area contributed by atoms with Gasteiger partial charge in [-0.15, -0.1) is 13.2 Å². The lowest BCUT2D eigenvalue weighted by Gasteiger charge is -2.19. The third-order valence-electron chi connectivity index (χ3n) is 2.82. The summed E-state index contributed by atoms with van der Waals surface area (Å²) in [7, 11) is 1.77. The van der Waals surface area contributed by atoms with Gasteiger partial charge in [0.2, 0.25) is 0 Å². The lowest BCUT2D eigenvalue weighted by Crippen LogP contribution is -2.22. The average molecular weight is 305 g/mol. The molecule has 0 aromatic heterocycles. The van der Waals surface area contributed by atoms with Crippen LogP contribution in [0.4, 0.5) is 13.2 Å². The molecule has 1 aromatic carbocycles. The largest absolute Gasteiger partial charge is 0.573 e. The Bertz CT molecular complexity index is 463. The van der Waals surface area contributed by atoms with Crippen molar-refractivity contribution in [2.75, 3.05) is 13.6 Å². The second kappa shape index (κ2) is 7.87. The van der Waals surface area contributed by atoms with E-state index < -0.39 is 12.3 Å². The van der Waals surface area contributed by atoms with Gasteiger partial charge in [-0.05, 0) is 32.5 Å². The van der Waals surface area contributed by atoms with E-state index in [9.17, 15) is 18.0 Å². The van der Waals surface area contributed by atoms with Gasteiger partial charge >= 0.3 is 12.3 Å². The van der Waals surface area contributed by atoms with E-state index >= 15 is 0 Å². The van der Waals surface area contributed by atoms with Crippen molar-refractivity contribution in [1.82, 2.24) is 4.90 Å². The van der Waals surface area contributed by atoms with Gasteiger partial charge in [0.25, 0.3) is 0 Å². The van der Waals surface area contributed by atoms with Crippen molar-refractivity contribution in [1.29, 1.82) is 0 Å². The van der Waals surface area contributed by atoms with Gasteiger partial charge in [0.15, 0.2) is 0 Å². The highest BCUT2D eigenvalue weighted by atomic mass is 19.4. The van der Waals surface area contributed by atoms with Gasteiger partial charge in [0.1, 0.15) is 5.75 Å². The zero-order valence-corrected chi connectivity index (χ0v) is 11.7. The number of carboxylic acid groups (broad SMARTS) is 1. The Balaban J connectivity index is 2.51. The molecule has 118 valence electrons. The van der Waals surface area contributed by atoms with E-state index in [1.807, 2.05) is 4.90 Å². The Hall–Kier alpha value is -1.76. The first-order valence-electron chi connectivity index (χ1n) is 6.52. The molecule has 0 saturated carbocycles. The summed E-state index contributed by atoms with van der Waals surface area (Å²) in [6.45, 7) is 0.910. The first-order valence-corrected chi connectivity index (χ1v) is 6.52. The predicted octanol–water partition coefficient (Wildman–Crippen LogP) is 3.27. The molecule has 7 heteroatoms. The average Bonchev–Trinajstić information content (AvgIpc) is 2.35. The first kappa shape index (κ1) is 17.3. The standard InChI is InChI=1S/C14H18F3NO3/c1-18(9-5-4-8-13(19)20)10-11-6-2-3-7-12(11)21-14(15,16)17/h2-3,6-7H,4-5,8-10H2,1H3,(H,19,20). The van der Waals surface area contributed by atoms with Gasteiger partial charge in [-0.25, -0.2) is 0 Å². The van der Waals surface area contributed by atoms with Crippen molar-refractivity contribution in [2.45, 2.75) is 32.2 Å². The highest BCUT2D eigenvalue weighted by Crippen LogP contribution is 2.26. The van der Waals surface area contributed by atoms with Crippen molar-refractivity contribution in [3.05, 3.63) is 29.8 Å². The van der Waals surface area contributed by atoms with Crippen molar-refractivity contribution >= 4 is 5.97 Å². The number of carbonyl (C=O) groups is 1. The number of ether oxygens (including phenoxy) is 1. The fraction of sp³-hybridized carbons (Fsp3) is 0.500. The summed E-state index contributed by atoms with van der Waals surface area (Å²) in [5.74, 6) is -1.05. The van der Waals surface area contributed by atoms with E-state index in [0.29, 0.717) is 31.5 Å². The zero-order valence-electron chi connectivity index (χ0n) is 11.7. The van der Waals surface area contributed by atoms with E-state index in [-0.39, 0.29) is 12.2 Å². The van der Waals surface area contributed by atoms with Crippen LogP contribution < -0.4 is 4.74 Å². The molecule has 0 spiro atoms. The van der Waals surface area contributed by atoms with Crippen molar-refractivity contribution < 1.29 is 27.8 Å². The Morgan fingerprint density at radius 1 is 1.29 bits per heavy atom. The monoisotopic (exact) mass is 305 g/mol. The van der Waals surface area contributed by atoms with Crippen molar-refractivity contribution in [3.8, 4) is 5.75 Å². The Kier molecular flexibility index (Phi) is 6.48. The Labute approximate surface area is 121 Å². The number of para-hydroxylation sites is 1. The SMILES string of the molecule is CN(CCCCC(=O)O)Cc1ccccc1OC(F)(F)F. The molecule has 0 heterocycles. The van der Waals surface area contributed by atoms with Crippen LogP contribution in [0, 0.1) is 0 Å². The predicted molar refractivity (Wildman–Crippen MR) is 70.9 cm³/mol. The number of unbranched alkanes of at least 4 members (excludes halogenated alkanes) is 1. The van der Waals surface area contributed by atoms with E-state index in [0.717, 1.165) is 0 Å². The molecule has 0 aliphatic heterocycles. The molecule has 21 heavy (non-hydrogen) atoms. The minimum absolute atomic E-state index is 0.0988. The van der Waals surface area contributed by atoms with Crippen LogP contribution in [-0.2, 0) is 11.3 Å². The maximum atomic E-state index is 12.3. The van der Waals surface area contributed by atoms with Crippen LogP contribution in [0.3, 0.4) is 0 Å². The van der Waals surface area contributed by atoms with Crippen molar-refractivity contribution in [3.63, 3.8) is 0 Å². The van der Waals surface area contributed by atoms with Crippen LogP contribution >= 0.6 is 0 Å². The van der Waals surface area contributed by atoms with Gasteiger partial charge in [0, 0.05) is 18.5 Å². The summed E-state index contributed by atoms with van der Waals surface area (Å²) < 4.78 is 40.9. The first-order chi connectivity index (χ1) is 9.78. The van der Waals surface area contributed by atoms with Gasteiger partial charge < -0.3 is 14.7 Å². The van der Waals surface area contributed by atoms with Gasteiger partial charge in [-0.2, -0.15) is 0 Å². The third-order valence-corrected chi connectivity index (χ3v) is 2.82. The number of carboxylic acids is 1. The molecule has 0 atom stereocenters. The summed E-state index contributed by atoms with van der Waals surface area (Å²) in [4.78, 5) is 12.2. The molecule has 0 aliphatic carbocycles. The second-order valence-electron chi connectivity index (χ2n) is 4.74. The van der Waals surface area contributed by atoms with Crippen LogP contribution in [0.5, 0.6) is 5.75 Å². The number of halogens is 3. The number of hydrogen-bond acceptors (Lipinski definition) is 3. The Morgan fingerprint density at radius 3 is 2.57 bits per heavy atom. The second-order valence-corrected chi connectivity index (χ2v) is 4.74. The van der Waals surface area contributed by atoms with Crippen LogP contribution in [-0.4, -0.2) is 35.9 Å². The normalized spacial score (nSPS) is 11.7. The maximum absolute atomic E-state index is 12.3. The summed E-state index contributed by atoms with van der Waals surface area (Å²) in [6.07, 6.45) is -3.40. The number of hydrogen-bond donors (Lipinski definition) is 1. The molecule has 1 aromatic rings. The minimum atomic E-state index is -4.71. The molecule has 4 nitrogen and oxygen atoms in total. The summed E-state index contributed by atoms with van der Waals surface area (Å²) in [5, 5.41) is 8.52. The molecule has 0 unspecified atom stereocenters.